The molecule has 11 heteroatoms. The first-order chi connectivity index (χ1) is 15.2. The van der Waals surface area contributed by atoms with E-state index < -0.39 is 0 Å². The number of aromatic nitrogens is 3. The molecule has 2 N–H and O–H groups in total. The Morgan fingerprint density at radius 2 is 1.81 bits per heavy atom. The van der Waals surface area contributed by atoms with E-state index in [1.165, 1.54) is 17.8 Å². The first kappa shape index (κ1) is 24.6. The van der Waals surface area contributed by atoms with Gasteiger partial charge in [0.1, 0.15) is 0 Å². The van der Waals surface area contributed by atoms with Crippen LogP contribution in [0.1, 0.15) is 27.3 Å². The van der Waals surface area contributed by atoms with Crippen LogP contribution >= 0.6 is 50.9 Å². The lowest BCUT2D eigenvalue weighted by atomic mass is 10.1. The Morgan fingerprint density at radius 3 is 2.53 bits per heavy atom. The maximum Gasteiger partial charge on any atom is 0.251 e. The Bertz CT molecular complexity index is 1190. The zero-order valence-electron chi connectivity index (χ0n) is 17.5. The molecule has 0 spiro atoms. The monoisotopic (exact) mass is 555 g/mol. The normalized spacial score (nSPS) is 10.8. The van der Waals surface area contributed by atoms with Gasteiger partial charge in [0.05, 0.1) is 28.0 Å². The standard InChI is InChI=1S/C21H20BrCl2N5O2S/c1-11-6-14(22)17(7-12(11)2)26-19(30)10-32-21-28-27-18(29(21)3)9-25-20(31)13-4-5-15(23)16(24)8-13/h4-8H,9-10H2,1-3H3,(H,25,31)(H,26,30). The van der Waals surface area contributed by atoms with Gasteiger partial charge in [-0.05, 0) is 71.2 Å². The van der Waals surface area contributed by atoms with Crippen molar-refractivity contribution in [2.45, 2.75) is 25.5 Å². The van der Waals surface area contributed by atoms with Gasteiger partial charge in [-0.1, -0.05) is 35.0 Å². The molecule has 0 aliphatic rings. The second-order valence-corrected chi connectivity index (χ2v) is 9.63. The molecular weight excluding hydrogens is 537 g/mol. The van der Waals surface area contributed by atoms with Crippen molar-refractivity contribution in [1.29, 1.82) is 0 Å². The van der Waals surface area contributed by atoms with Gasteiger partial charge in [-0.3, -0.25) is 9.59 Å². The lowest BCUT2D eigenvalue weighted by molar-refractivity contribution is -0.113. The van der Waals surface area contributed by atoms with Gasteiger partial charge >= 0.3 is 0 Å². The molecule has 32 heavy (non-hydrogen) atoms. The molecule has 0 fully saturated rings. The molecule has 1 heterocycles. The van der Waals surface area contributed by atoms with Crippen LogP contribution in [0.3, 0.4) is 0 Å². The maximum atomic E-state index is 12.4. The van der Waals surface area contributed by atoms with E-state index in [0.717, 1.165) is 21.3 Å². The summed E-state index contributed by atoms with van der Waals surface area (Å²) in [6.07, 6.45) is 0. The van der Waals surface area contributed by atoms with Crippen LogP contribution < -0.4 is 10.6 Å². The molecule has 3 aromatic rings. The molecule has 168 valence electrons. The van der Waals surface area contributed by atoms with Crippen molar-refractivity contribution in [3.05, 3.63) is 67.4 Å². The summed E-state index contributed by atoms with van der Waals surface area (Å²) in [6.45, 7) is 4.18. The molecule has 1 aromatic heterocycles. The highest BCUT2D eigenvalue weighted by molar-refractivity contribution is 9.10. The molecule has 0 aliphatic heterocycles. The summed E-state index contributed by atoms with van der Waals surface area (Å²) in [5.41, 5.74) is 3.35. The smallest absolute Gasteiger partial charge is 0.251 e. The van der Waals surface area contributed by atoms with Gasteiger partial charge in [-0.2, -0.15) is 0 Å². The summed E-state index contributed by atoms with van der Waals surface area (Å²) in [7, 11) is 1.78. The van der Waals surface area contributed by atoms with Crippen LogP contribution in [0, 0.1) is 13.8 Å². The van der Waals surface area contributed by atoms with Gasteiger partial charge in [-0.15, -0.1) is 10.2 Å². The molecule has 3 rings (SSSR count). The SMILES string of the molecule is Cc1cc(Br)c(NC(=O)CSc2nnc(CNC(=O)c3ccc(Cl)c(Cl)c3)n2C)cc1C. The highest BCUT2D eigenvalue weighted by Gasteiger charge is 2.14. The highest BCUT2D eigenvalue weighted by Crippen LogP contribution is 2.27. The van der Waals surface area contributed by atoms with Crippen molar-refractivity contribution in [2.24, 2.45) is 7.05 Å². The Balaban J connectivity index is 1.55. The number of nitrogens with zero attached hydrogens (tertiary/aromatic N) is 3. The van der Waals surface area contributed by atoms with E-state index in [9.17, 15) is 9.59 Å². The van der Waals surface area contributed by atoms with Gasteiger partial charge in [0, 0.05) is 17.1 Å². The van der Waals surface area contributed by atoms with E-state index in [0.29, 0.717) is 26.6 Å². The Morgan fingerprint density at radius 1 is 1.09 bits per heavy atom. The van der Waals surface area contributed by atoms with E-state index in [1.807, 2.05) is 26.0 Å². The molecule has 0 saturated heterocycles. The fourth-order valence-electron chi connectivity index (χ4n) is 2.72. The van der Waals surface area contributed by atoms with E-state index in [1.54, 1.807) is 23.7 Å². The van der Waals surface area contributed by atoms with E-state index in [2.05, 4.69) is 36.8 Å². The first-order valence-corrected chi connectivity index (χ1v) is 12.0. The minimum absolute atomic E-state index is 0.156. The largest absolute Gasteiger partial charge is 0.345 e. The van der Waals surface area contributed by atoms with Gasteiger partial charge in [0.25, 0.3) is 5.91 Å². The van der Waals surface area contributed by atoms with E-state index in [-0.39, 0.29) is 24.1 Å². The zero-order valence-corrected chi connectivity index (χ0v) is 21.4. The third-order valence-corrected chi connectivity index (χ3v) is 7.12. The topological polar surface area (TPSA) is 88.9 Å². The second kappa shape index (κ2) is 10.7. The Kier molecular flexibility index (Phi) is 8.21. The number of hydrogen-bond donors (Lipinski definition) is 2. The number of carbonyl (C=O) groups excluding carboxylic acids is 2. The summed E-state index contributed by atoms with van der Waals surface area (Å²) in [6, 6.07) is 8.56. The van der Waals surface area contributed by atoms with Crippen molar-refractivity contribution < 1.29 is 9.59 Å². The predicted octanol–water partition coefficient (Wildman–Crippen LogP) is 5.16. The molecule has 0 bridgehead atoms. The Hall–Kier alpha value is -2.07. The van der Waals surface area contributed by atoms with Crippen LogP contribution in [-0.2, 0) is 18.4 Å². The Labute approximate surface area is 208 Å². The van der Waals surface area contributed by atoms with Gasteiger partial charge in [-0.25, -0.2) is 0 Å². The number of nitrogens with one attached hydrogen (secondary N) is 2. The van der Waals surface area contributed by atoms with Gasteiger partial charge < -0.3 is 15.2 Å². The van der Waals surface area contributed by atoms with E-state index >= 15 is 0 Å². The van der Waals surface area contributed by atoms with Crippen LogP contribution in [-0.4, -0.2) is 32.3 Å². The number of anilines is 1. The summed E-state index contributed by atoms with van der Waals surface area (Å²) in [5.74, 6) is 0.259. The predicted molar refractivity (Wildman–Crippen MR) is 132 cm³/mol. The number of amides is 2. The average molecular weight is 557 g/mol. The number of thioether (sulfide) groups is 1. The molecule has 7 nitrogen and oxygen atoms in total. The number of aryl methyl sites for hydroxylation is 2. The quantitative estimate of drug-likeness (QED) is 0.392. The van der Waals surface area contributed by atoms with Crippen molar-refractivity contribution in [1.82, 2.24) is 20.1 Å². The highest BCUT2D eigenvalue weighted by atomic mass is 79.9. The summed E-state index contributed by atoms with van der Waals surface area (Å²) >= 11 is 16.6. The lowest BCUT2D eigenvalue weighted by Gasteiger charge is -2.10. The second-order valence-electron chi connectivity index (χ2n) is 7.02. The summed E-state index contributed by atoms with van der Waals surface area (Å²) < 4.78 is 2.57. The van der Waals surface area contributed by atoms with Crippen molar-refractivity contribution in [3.8, 4) is 0 Å². The fraction of sp³-hybridized carbons (Fsp3) is 0.238. The number of hydrogen-bond acceptors (Lipinski definition) is 5. The summed E-state index contributed by atoms with van der Waals surface area (Å²) in [4.78, 5) is 24.7. The number of carbonyl (C=O) groups is 2. The lowest BCUT2D eigenvalue weighted by Crippen LogP contribution is -2.24. The molecule has 0 radical (unpaired) electrons. The van der Waals surface area contributed by atoms with Crippen LogP contribution in [0.5, 0.6) is 0 Å². The summed E-state index contributed by atoms with van der Waals surface area (Å²) in [5, 5.41) is 15.1. The minimum Gasteiger partial charge on any atom is -0.345 e. The van der Waals surface area contributed by atoms with E-state index in [4.69, 9.17) is 23.2 Å². The third-order valence-electron chi connectivity index (χ3n) is 4.70. The van der Waals surface area contributed by atoms with Crippen LogP contribution in [0.2, 0.25) is 10.0 Å². The molecule has 0 atom stereocenters. The molecule has 0 unspecified atom stereocenters. The molecule has 0 saturated carbocycles. The molecule has 2 amide bonds. The third kappa shape index (κ3) is 6.04. The van der Waals surface area contributed by atoms with Crippen molar-refractivity contribution in [2.75, 3.05) is 11.1 Å². The number of halogens is 3. The van der Waals surface area contributed by atoms with Crippen molar-refractivity contribution >= 4 is 68.4 Å². The van der Waals surface area contributed by atoms with Crippen LogP contribution in [0.15, 0.2) is 40.0 Å². The maximum absolute atomic E-state index is 12.4. The zero-order chi connectivity index (χ0) is 23.4. The first-order valence-electron chi connectivity index (χ1n) is 9.46. The number of rotatable bonds is 7. The average Bonchev–Trinajstić information content (AvgIpc) is 3.10. The molecule has 2 aromatic carbocycles. The van der Waals surface area contributed by atoms with Gasteiger partial charge in [0.2, 0.25) is 5.91 Å². The molecular formula is C21H20BrCl2N5O2S. The minimum atomic E-state index is -0.306. The number of benzene rings is 2. The van der Waals surface area contributed by atoms with Gasteiger partial charge in [0.15, 0.2) is 11.0 Å². The molecule has 0 aliphatic carbocycles. The van der Waals surface area contributed by atoms with Crippen LogP contribution in [0.4, 0.5) is 5.69 Å². The van der Waals surface area contributed by atoms with Crippen LogP contribution in [0.25, 0.3) is 0 Å². The van der Waals surface area contributed by atoms with Crippen molar-refractivity contribution in [3.63, 3.8) is 0 Å². The fourth-order valence-corrected chi connectivity index (χ4v) is 4.30.